The van der Waals surface area contributed by atoms with E-state index < -0.39 is 0 Å². The van der Waals surface area contributed by atoms with Crippen molar-refractivity contribution in [2.24, 2.45) is 5.41 Å². The lowest BCUT2D eigenvalue weighted by atomic mass is 9.82. The predicted octanol–water partition coefficient (Wildman–Crippen LogP) is 4.26. The number of aryl methyl sites for hydroxylation is 1. The number of carbonyl (C=O) groups is 1. The van der Waals surface area contributed by atoms with Crippen molar-refractivity contribution in [1.82, 2.24) is 9.88 Å². The average Bonchev–Trinajstić information content (AvgIpc) is 3.35. The maximum absolute atomic E-state index is 11.7. The highest BCUT2D eigenvalue weighted by atomic mass is 16.5. The fourth-order valence-electron chi connectivity index (χ4n) is 4.50. The van der Waals surface area contributed by atoms with Crippen molar-refractivity contribution >= 4 is 5.78 Å². The fraction of sp³-hybridized carbons (Fsp3) is 0.727. The highest BCUT2D eigenvalue weighted by Crippen LogP contribution is 2.54. The molecule has 0 radical (unpaired) electrons. The van der Waals surface area contributed by atoms with Crippen molar-refractivity contribution in [1.29, 1.82) is 0 Å². The number of ether oxygens (including phenoxy) is 1. The van der Waals surface area contributed by atoms with Gasteiger partial charge < -0.3 is 4.74 Å². The van der Waals surface area contributed by atoms with Crippen molar-refractivity contribution in [2.75, 3.05) is 26.3 Å². The summed E-state index contributed by atoms with van der Waals surface area (Å²) in [7, 11) is 0. The molecule has 2 fully saturated rings. The third-order valence-electron chi connectivity index (χ3n) is 6.39. The van der Waals surface area contributed by atoms with E-state index in [1.807, 2.05) is 13.8 Å². The van der Waals surface area contributed by atoms with Gasteiger partial charge in [0.2, 0.25) is 0 Å². The number of hydrogen-bond donors (Lipinski definition) is 0. The number of rotatable bonds is 10. The van der Waals surface area contributed by atoms with Crippen LogP contribution in [-0.4, -0.2) is 42.0 Å². The van der Waals surface area contributed by atoms with Gasteiger partial charge in [0, 0.05) is 48.8 Å². The summed E-state index contributed by atoms with van der Waals surface area (Å²) in [6, 6.07) is 4.40. The molecule has 0 amide bonds. The monoisotopic (exact) mass is 358 g/mol. The summed E-state index contributed by atoms with van der Waals surface area (Å²) in [4.78, 5) is 18.9. The number of nitrogens with zero attached hydrogens (tertiary/aromatic N) is 2. The standard InChI is InChI=1S/C22H34N2O2/c1-4-20(25)7-6-10-21(17-26-5-2)13-14-24(16-21)22(11-12-22)19-9-8-18(3)23-15-19/h8-9,15H,4-7,10-14,16-17H2,1-3H3/t21-/m1/s1. The lowest BCUT2D eigenvalue weighted by Crippen LogP contribution is -2.37. The maximum Gasteiger partial charge on any atom is 0.132 e. The second-order valence-electron chi connectivity index (χ2n) is 8.27. The summed E-state index contributed by atoms with van der Waals surface area (Å²) in [6.07, 6.45) is 9.18. The molecule has 1 aromatic heterocycles. The molecule has 26 heavy (non-hydrogen) atoms. The summed E-state index contributed by atoms with van der Waals surface area (Å²) in [6.45, 7) is 9.88. The van der Waals surface area contributed by atoms with Crippen LogP contribution in [0.25, 0.3) is 0 Å². The number of ketones is 1. The van der Waals surface area contributed by atoms with E-state index in [4.69, 9.17) is 4.74 Å². The molecule has 4 nitrogen and oxygen atoms in total. The Morgan fingerprint density at radius 2 is 2.08 bits per heavy atom. The molecule has 0 aromatic carbocycles. The van der Waals surface area contributed by atoms with Crippen LogP contribution in [0.5, 0.6) is 0 Å². The van der Waals surface area contributed by atoms with Gasteiger partial charge in [0.25, 0.3) is 0 Å². The highest BCUT2D eigenvalue weighted by molar-refractivity contribution is 5.77. The number of hydrogen-bond acceptors (Lipinski definition) is 4. The summed E-state index contributed by atoms with van der Waals surface area (Å²) < 4.78 is 5.88. The maximum atomic E-state index is 11.7. The van der Waals surface area contributed by atoms with Crippen LogP contribution in [0.4, 0.5) is 0 Å². The molecule has 0 N–H and O–H groups in total. The van der Waals surface area contributed by atoms with Crippen LogP contribution in [0.3, 0.4) is 0 Å². The first kappa shape index (κ1) is 19.5. The fourth-order valence-corrected chi connectivity index (χ4v) is 4.50. The van der Waals surface area contributed by atoms with Crippen molar-refractivity contribution in [2.45, 2.75) is 71.3 Å². The smallest absolute Gasteiger partial charge is 0.132 e. The Morgan fingerprint density at radius 3 is 2.69 bits per heavy atom. The molecule has 1 aliphatic heterocycles. The number of pyridine rings is 1. The van der Waals surface area contributed by atoms with Gasteiger partial charge >= 0.3 is 0 Å². The molecule has 144 valence electrons. The summed E-state index contributed by atoms with van der Waals surface area (Å²) in [5.74, 6) is 0.385. The predicted molar refractivity (Wildman–Crippen MR) is 104 cm³/mol. The minimum Gasteiger partial charge on any atom is -0.381 e. The van der Waals surface area contributed by atoms with Crippen LogP contribution in [0.2, 0.25) is 0 Å². The van der Waals surface area contributed by atoms with Gasteiger partial charge in [-0.05, 0) is 64.1 Å². The van der Waals surface area contributed by atoms with E-state index in [9.17, 15) is 4.79 Å². The summed E-state index contributed by atoms with van der Waals surface area (Å²) >= 11 is 0. The third kappa shape index (κ3) is 4.17. The molecule has 1 aliphatic carbocycles. The van der Waals surface area contributed by atoms with Gasteiger partial charge in [-0.1, -0.05) is 13.0 Å². The topological polar surface area (TPSA) is 42.4 Å². The average molecular weight is 359 g/mol. The molecule has 2 heterocycles. The molecule has 4 heteroatoms. The lowest BCUT2D eigenvalue weighted by Gasteiger charge is -2.33. The third-order valence-corrected chi connectivity index (χ3v) is 6.39. The molecule has 1 saturated heterocycles. The molecular formula is C22H34N2O2. The van der Waals surface area contributed by atoms with Crippen LogP contribution < -0.4 is 0 Å². The second kappa shape index (κ2) is 8.18. The minimum atomic E-state index is 0.202. The molecule has 1 atom stereocenters. The van der Waals surface area contributed by atoms with Gasteiger partial charge in [-0.3, -0.25) is 14.7 Å². The quantitative estimate of drug-likeness (QED) is 0.627. The van der Waals surface area contributed by atoms with Crippen LogP contribution in [0.1, 0.15) is 70.1 Å². The van der Waals surface area contributed by atoms with Crippen molar-refractivity contribution in [3.63, 3.8) is 0 Å². The SMILES string of the molecule is CCOC[C@]1(CCCC(=O)CC)CCN(C2(c3ccc(C)nc3)CC2)C1. The summed E-state index contributed by atoms with van der Waals surface area (Å²) in [5.41, 5.74) is 2.86. The van der Waals surface area contributed by atoms with E-state index >= 15 is 0 Å². The first-order valence-corrected chi connectivity index (χ1v) is 10.3. The summed E-state index contributed by atoms with van der Waals surface area (Å²) in [5, 5.41) is 0. The van der Waals surface area contributed by atoms with Gasteiger partial charge in [-0.2, -0.15) is 0 Å². The number of aromatic nitrogens is 1. The number of Topliss-reactive ketones (excluding diaryl/α,β-unsaturated/α-hetero) is 1. The largest absolute Gasteiger partial charge is 0.381 e. The van der Waals surface area contributed by atoms with Gasteiger partial charge in [0.1, 0.15) is 5.78 Å². The first-order valence-electron chi connectivity index (χ1n) is 10.3. The Labute approximate surface area is 158 Å². The number of likely N-dealkylation sites (tertiary alicyclic amines) is 1. The Kier molecular flexibility index (Phi) is 6.13. The van der Waals surface area contributed by atoms with Crippen LogP contribution >= 0.6 is 0 Å². The van der Waals surface area contributed by atoms with Crippen LogP contribution in [0.15, 0.2) is 18.3 Å². The van der Waals surface area contributed by atoms with Gasteiger partial charge in [0.05, 0.1) is 6.61 Å². The van der Waals surface area contributed by atoms with E-state index in [1.165, 1.54) is 24.8 Å². The van der Waals surface area contributed by atoms with E-state index in [2.05, 4.69) is 35.1 Å². The highest BCUT2D eigenvalue weighted by Gasteiger charge is 2.54. The van der Waals surface area contributed by atoms with E-state index in [0.717, 1.165) is 51.3 Å². The zero-order valence-corrected chi connectivity index (χ0v) is 16.7. The lowest BCUT2D eigenvalue weighted by molar-refractivity contribution is -0.119. The Balaban J connectivity index is 1.67. The first-order chi connectivity index (χ1) is 12.5. The molecule has 2 aliphatic rings. The Hall–Kier alpha value is -1.26. The van der Waals surface area contributed by atoms with Crippen molar-refractivity contribution < 1.29 is 9.53 Å². The minimum absolute atomic E-state index is 0.202. The number of carbonyl (C=O) groups excluding carboxylic acids is 1. The molecule has 3 rings (SSSR count). The molecule has 1 aromatic rings. The molecule has 0 bridgehead atoms. The zero-order valence-electron chi connectivity index (χ0n) is 16.7. The van der Waals surface area contributed by atoms with Crippen molar-refractivity contribution in [3.8, 4) is 0 Å². The Morgan fingerprint density at radius 1 is 1.27 bits per heavy atom. The van der Waals surface area contributed by atoms with Crippen LogP contribution in [0, 0.1) is 12.3 Å². The second-order valence-corrected chi connectivity index (χ2v) is 8.27. The van der Waals surface area contributed by atoms with Gasteiger partial charge in [0.15, 0.2) is 0 Å². The van der Waals surface area contributed by atoms with E-state index in [1.54, 1.807) is 0 Å². The normalized spacial score (nSPS) is 24.7. The molecule has 0 unspecified atom stereocenters. The van der Waals surface area contributed by atoms with Crippen LogP contribution in [-0.2, 0) is 15.1 Å². The Bertz CT molecular complexity index is 609. The van der Waals surface area contributed by atoms with E-state index in [-0.39, 0.29) is 11.0 Å². The molecular weight excluding hydrogens is 324 g/mol. The van der Waals surface area contributed by atoms with Gasteiger partial charge in [-0.25, -0.2) is 0 Å². The van der Waals surface area contributed by atoms with E-state index in [0.29, 0.717) is 12.2 Å². The molecule has 1 saturated carbocycles. The van der Waals surface area contributed by atoms with Gasteiger partial charge in [-0.15, -0.1) is 0 Å². The van der Waals surface area contributed by atoms with Crippen molar-refractivity contribution in [3.05, 3.63) is 29.6 Å². The zero-order chi connectivity index (χ0) is 18.6. The molecule has 0 spiro atoms.